The molecule has 3 amide bonds. The van der Waals surface area contributed by atoms with Crippen molar-refractivity contribution in [2.24, 2.45) is 0 Å². The van der Waals surface area contributed by atoms with Crippen LogP contribution in [0.4, 0.5) is 0 Å². The summed E-state index contributed by atoms with van der Waals surface area (Å²) in [6.07, 6.45) is 0.0310. The molecule has 2 rings (SSSR count). The number of aryl methyl sites for hydroxylation is 1. The van der Waals surface area contributed by atoms with E-state index < -0.39 is 17.9 Å². The number of rotatable bonds is 7. The molecule has 0 saturated carbocycles. The van der Waals surface area contributed by atoms with Gasteiger partial charge >= 0.3 is 0 Å². The lowest BCUT2D eigenvalue weighted by atomic mass is 10.0. The van der Waals surface area contributed by atoms with Crippen LogP contribution in [0.1, 0.15) is 54.7 Å². The summed E-state index contributed by atoms with van der Waals surface area (Å²) >= 11 is 0. The van der Waals surface area contributed by atoms with Gasteiger partial charge in [-0.1, -0.05) is 29.8 Å². The van der Waals surface area contributed by atoms with Gasteiger partial charge < -0.3 is 10.1 Å². The Kier molecular flexibility index (Phi) is 7.77. The molecular formula is C22H27N3O4. The number of nitrogens with one attached hydrogen (secondary N) is 3. The summed E-state index contributed by atoms with van der Waals surface area (Å²) in [4.78, 5) is 36.0. The number of ether oxygens (including phenoxy) is 1. The summed E-state index contributed by atoms with van der Waals surface area (Å²) in [7, 11) is 0. The maximum Gasteiger partial charge on any atom is 0.269 e. The third-order valence-corrected chi connectivity index (χ3v) is 4.05. The van der Waals surface area contributed by atoms with Crippen molar-refractivity contribution in [2.45, 2.75) is 46.3 Å². The van der Waals surface area contributed by atoms with Crippen LogP contribution in [0.2, 0.25) is 0 Å². The molecule has 0 aliphatic rings. The van der Waals surface area contributed by atoms with E-state index in [2.05, 4.69) is 16.2 Å². The summed E-state index contributed by atoms with van der Waals surface area (Å²) in [6, 6.07) is 13.7. The van der Waals surface area contributed by atoms with E-state index in [9.17, 15) is 14.4 Å². The number of benzene rings is 2. The SMILES string of the molecule is CC(=O)N[C@H](CC(=O)NNC(=O)c1ccc(OC(C)C)cc1)c1ccc(C)cc1. The van der Waals surface area contributed by atoms with Crippen LogP contribution in [0.5, 0.6) is 5.75 Å². The van der Waals surface area contributed by atoms with Crippen molar-refractivity contribution in [1.82, 2.24) is 16.2 Å². The lowest BCUT2D eigenvalue weighted by Gasteiger charge is -2.18. The van der Waals surface area contributed by atoms with Crippen molar-refractivity contribution in [3.05, 3.63) is 65.2 Å². The molecule has 7 nitrogen and oxygen atoms in total. The third kappa shape index (κ3) is 7.29. The Morgan fingerprint density at radius 3 is 2.10 bits per heavy atom. The van der Waals surface area contributed by atoms with E-state index in [-0.39, 0.29) is 18.4 Å². The van der Waals surface area contributed by atoms with Gasteiger partial charge in [-0.2, -0.15) is 0 Å². The van der Waals surface area contributed by atoms with Gasteiger partial charge in [-0.05, 0) is 50.6 Å². The minimum absolute atomic E-state index is 0.00983. The van der Waals surface area contributed by atoms with Crippen molar-refractivity contribution < 1.29 is 19.1 Å². The summed E-state index contributed by atoms with van der Waals surface area (Å²) in [5.41, 5.74) is 7.06. The highest BCUT2D eigenvalue weighted by Gasteiger charge is 2.17. The summed E-state index contributed by atoms with van der Waals surface area (Å²) < 4.78 is 5.54. The van der Waals surface area contributed by atoms with Crippen LogP contribution in [-0.2, 0) is 9.59 Å². The second-order valence-corrected chi connectivity index (χ2v) is 7.06. The average molecular weight is 397 g/mol. The quantitative estimate of drug-likeness (QED) is 0.626. The fraction of sp³-hybridized carbons (Fsp3) is 0.318. The molecule has 0 aliphatic carbocycles. The molecule has 0 unspecified atom stereocenters. The maximum absolute atomic E-state index is 12.3. The van der Waals surface area contributed by atoms with E-state index in [4.69, 9.17) is 4.74 Å². The smallest absolute Gasteiger partial charge is 0.269 e. The van der Waals surface area contributed by atoms with E-state index >= 15 is 0 Å². The van der Waals surface area contributed by atoms with Gasteiger partial charge in [0.15, 0.2) is 0 Å². The zero-order chi connectivity index (χ0) is 21.4. The molecule has 154 valence electrons. The van der Waals surface area contributed by atoms with Gasteiger partial charge in [-0.15, -0.1) is 0 Å². The lowest BCUT2D eigenvalue weighted by Crippen LogP contribution is -2.43. The largest absolute Gasteiger partial charge is 0.491 e. The molecule has 0 aromatic heterocycles. The Morgan fingerprint density at radius 2 is 1.55 bits per heavy atom. The van der Waals surface area contributed by atoms with Crippen LogP contribution in [0.15, 0.2) is 48.5 Å². The molecule has 0 bridgehead atoms. The van der Waals surface area contributed by atoms with Crippen LogP contribution in [0.25, 0.3) is 0 Å². The third-order valence-electron chi connectivity index (χ3n) is 4.05. The van der Waals surface area contributed by atoms with Crippen LogP contribution in [0.3, 0.4) is 0 Å². The molecule has 29 heavy (non-hydrogen) atoms. The predicted octanol–water partition coefficient (Wildman–Crippen LogP) is 2.81. The molecule has 2 aromatic carbocycles. The second-order valence-electron chi connectivity index (χ2n) is 7.06. The fourth-order valence-electron chi connectivity index (χ4n) is 2.69. The van der Waals surface area contributed by atoms with E-state index in [1.165, 1.54) is 6.92 Å². The topological polar surface area (TPSA) is 96.5 Å². The second kappa shape index (κ2) is 10.3. The predicted molar refractivity (Wildman–Crippen MR) is 110 cm³/mol. The summed E-state index contributed by atoms with van der Waals surface area (Å²) in [6.45, 7) is 7.19. The van der Waals surface area contributed by atoms with Gasteiger partial charge in [0.2, 0.25) is 11.8 Å². The molecule has 0 fully saturated rings. The standard InChI is InChI=1S/C22H27N3O4/c1-14(2)29-19-11-9-18(10-12-19)22(28)25-24-21(27)13-20(23-16(4)26)17-7-5-15(3)6-8-17/h5-12,14,20H,13H2,1-4H3,(H,23,26)(H,24,27)(H,25,28)/t20-/m1/s1. The highest BCUT2D eigenvalue weighted by atomic mass is 16.5. The van der Waals surface area contributed by atoms with E-state index in [0.29, 0.717) is 11.3 Å². The van der Waals surface area contributed by atoms with Crippen molar-refractivity contribution >= 4 is 17.7 Å². The number of hydrogen-bond acceptors (Lipinski definition) is 4. The average Bonchev–Trinajstić information content (AvgIpc) is 2.66. The molecule has 0 spiro atoms. The van der Waals surface area contributed by atoms with Crippen LogP contribution >= 0.6 is 0 Å². The van der Waals surface area contributed by atoms with Crippen molar-refractivity contribution in [3.8, 4) is 5.75 Å². The van der Waals surface area contributed by atoms with Crippen molar-refractivity contribution in [3.63, 3.8) is 0 Å². The first-order chi connectivity index (χ1) is 13.7. The van der Waals surface area contributed by atoms with Gasteiger partial charge in [-0.25, -0.2) is 0 Å². The zero-order valence-corrected chi connectivity index (χ0v) is 17.1. The molecular weight excluding hydrogens is 370 g/mol. The minimum atomic E-state index is -0.488. The van der Waals surface area contributed by atoms with Gasteiger partial charge in [0.1, 0.15) is 5.75 Å². The van der Waals surface area contributed by atoms with Gasteiger partial charge in [0.05, 0.1) is 18.6 Å². The lowest BCUT2D eigenvalue weighted by molar-refractivity contribution is -0.123. The summed E-state index contributed by atoms with van der Waals surface area (Å²) in [5.74, 6) is -0.439. The Hall–Kier alpha value is -3.35. The molecule has 1 atom stereocenters. The number of carbonyl (C=O) groups is 3. The number of hydrazine groups is 1. The monoisotopic (exact) mass is 397 g/mol. The van der Waals surface area contributed by atoms with Gasteiger partial charge in [0, 0.05) is 12.5 Å². The molecule has 0 radical (unpaired) electrons. The zero-order valence-electron chi connectivity index (χ0n) is 17.1. The number of hydrogen-bond donors (Lipinski definition) is 3. The van der Waals surface area contributed by atoms with E-state index in [1.54, 1.807) is 24.3 Å². The van der Waals surface area contributed by atoms with Gasteiger partial charge in [0.25, 0.3) is 5.91 Å². The maximum atomic E-state index is 12.3. The number of carbonyl (C=O) groups excluding carboxylic acids is 3. The van der Waals surface area contributed by atoms with Crippen LogP contribution < -0.4 is 20.9 Å². The molecule has 0 saturated heterocycles. The van der Waals surface area contributed by atoms with Crippen molar-refractivity contribution in [1.29, 1.82) is 0 Å². The highest BCUT2D eigenvalue weighted by molar-refractivity contribution is 5.95. The Morgan fingerprint density at radius 1 is 0.931 bits per heavy atom. The molecule has 0 heterocycles. The van der Waals surface area contributed by atoms with Crippen molar-refractivity contribution in [2.75, 3.05) is 0 Å². The van der Waals surface area contributed by atoms with E-state index in [0.717, 1.165) is 11.1 Å². The highest BCUT2D eigenvalue weighted by Crippen LogP contribution is 2.17. The molecule has 3 N–H and O–H groups in total. The van der Waals surface area contributed by atoms with E-state index in [1.807, 2.05) is 45.0 Å². The Bertz CT molecular complexity index is 845. The summed E-state index contributed by atoms with van der Waals surface area (Å²) in [5, 5.41) is 2.76. The van der Waals surface area contributed by atoms with Crippen LogP contribution in [-0.4, -0.2) is 23.8 Å². The molecule has 7 heteroatoms. The Balaban J connectivity index is 1.93. The normalized spacial score (nSPS) is 11.5. The first-order valence-electron chi connectivity index (χ1n) is 9.44. The Labute approximate surface area is 170 Å². The first kappa shape index (κ1) is 21.9. The molecule has 2 aromatic rings. The van der Waals surface area contributed by atoms with Crippen LogP contribution in [0, 0.1) is 6.92 Å². The number of amides is 3. The first-order valence-corrected chi connectivity index (χ1v) is 9.44. The van der Waals surface area contributed by atoms with Gasteiger partial charge in [-0.3, -0.25) is 25.2 Å². The molecule has 0 aliphatic heterocycles. The fourth-order valence-corrected chi connectivity index (χ4v) is 2.69. The minimum Gasteiger partial charge on any atom is -0.491 e.